The van der Waals surface area contributed by atoms with Gasteiger partial charge in [-0.25, -0.2) is 0 Å². The normalized spacial score (nSPS) is 17.4. The predicted octanol–water partition coefficient (Wildman–Crippen LogP) is 3.07. The summed E-state index contributed by atoms with van der Waals surface area (Å²) in [6.45, 7) is 4.88. The van der Waals surface area contributed by atoms with Gasteiger partial charge in [-0.1, -0.05) is 12.1 Å². The molecule has 4 rings (SSSR count). The monoisotopic (exact) mass is 438 g/mol. The highest BCUT2D eigenvalue weighted by molar-refractivity contribution is 5.98. The fraction of sp³-hybridized carbons (Fsp3) is 0.440. The zero-order valence-corrected chi connectivity index (χ0v) is 18.6. The van der Waals surface area contributed by atoms with Crippen molar-refractivity contribution in [3.8, 4) is 17.2 Å². The molecule has 0 aliphatic carbocycles. The molecule has 2 aliphatic heterocycles. The summed E-state index contributed by atoms with van der Waals surface area (Å²) in [5.74, 6) is 2.22. The van der Waals surface area contributed by atoms with E-state index in [4.69, 9.17) is 14.2 Å². The number of Topliss-reactive ketones (excluding diaryl/α,β-unsaturated/α-hetero) is 1. The quantitative estimate of drug-likeness (QED) is 0.670. The van der Waals surface area contributed by atoms with Crippen LogP contribution in [0.1, 0.15) is 35.7 Å². The molecule has 0 saturated carbocycles. The summed E-state index contributed by atoms with van der Waals surface area (Å²) >= 11 is 0. The molecule has 1 amide bonds. The molecule has 0 aromatic heterocycles. The van der Waals surface area contributed by atoms with Gasteiger partial charge in [0.05, 0.1) is 13.2 Å². The van der Waals surface area contributed by atoms with Crippen LogP contribution < -0.4 is 19.5 Å². The third-order valence-electron chi connectivity index (χ3n) is 6.28. The van der Waals surface area contributed by atoms with Crippen molar-refractivity contribution < 1.29 is 23.8 Å². The van der Waals surface area contributed by atoms with Gasteiger partial charge in [-0.15, -0.1) is 0 Å². The van der Waals surface area contributed by atoms with Crippen LogP contribution in [0, 0.1) is 5.92 Å². The average molecular weight is 439 g/mol. The van der Waals surface area contributed by atoms with Gasteiger partial charge in [0, 0.05) is 18.0 Å². The molecule has 0 radical (unpaired) electrons. The highest BCUT2D eigenvalue weighted by Gasteiger charge is 2.30. The van der Waals surface area contributed by atoms with Gasteiger partial charge in [0.15, 0.2) is 17.3 Å². The van der Waals surface area contributed by atoms with E-state index in [1.807, 2.05) is 43.3 Å². The lowest BCUT2D eigenvalue weighted by Crippen LogP contribution is -2.48. The Balaban J connectivity index is 1.27. The molecule has 170 valence electrons. The highest BCUT2D eigenvalue weighted by atomic mass is 16.6. The van der Waals surface area contributed by atoms with Crippen LogP contribution in [-0.2, 0) is 11.3 Å². The molecule has 32 heavy (non-hydrogen) atoms. The topological polar surface area (TPSA) is 77.1 Å². The van der Waals surface area contributed by atoms with E-state index < -0.39 is 0 Å². The number of carbonyl (C=O) groups excluding carboxylic acids is 2. The number of nitrogens with zero attached hydrogens (tertiary/aromatic N) is 1. The second kappa shape index (κ2) is 10.0. The van der Waals surface area contributed by atoms with Gasteiger partial charge in [0.1, 0.15) is 19.0 Å². The van der Waals surface area contributed by atoms with Crippen molar-refractivity contribution in [2.24, 2.45) is 5.92 Å². The average Bonchev–Trinajstić information content (AvgIpc) is 2.86. The van der Waals surface area contributed by atoms with Crippen LogP contribution in [0.5, 0.6) is 17.2 Å². The van der Waals surface area contributed by atoms with Crippen LogP contribution in [0.3, 0.4) is 0 Å². The van der Waals surface area contributed by atoms with Crippen molar-refractivity contribution in [2.75, 3.05) is 33.4 Å². The summed E-state index contributed by atoms with van der Waals surface area (Å²) < 4.78 is 16.3. The standard InChI is InChI=1S/C25H30N2O5/c1-17(25(29)26-16-18-3-6-21(30-2)7-4-18)27-11-9-19(10-12-27)24(28)20-5-8-22-23(15-20)32-14-13-31-22/h3-8,15,17,19H,9-14,16H2,1-2H3,(H,26,29)/t17-/m1/s1. The van der Waals surface area contributed by atoms with Gasteiger partial charge in [-0.3, -0.25) is 14.5 Å². The van der Waals surface area contributed by atoms with E-state index in [1.54, 1.807) is 13.2 Å². The molecular formula is C25H30N2O5. The van der Waals surface area contributed by atoms with E-state index in [9.17, 15) is 9.59 Å². The van der Waals surface area contributed by atoms with Crippen LogP contribution in [0.25, 0.3) is 0 Å². The molecule has 2 aromatic rings. The smallest absolute Gasteiger partial charge is 0.237 e. The number of piperidine rings is 1. The van der Waals surface area contributed by atoms with E-state index in [0.717, 1.165) is 37.2 Å². The number of amides is 1. The van der Waals surface area contributed by atoms with Crippen molar-refractivity contribution >= 4 is 11.7 Å². The Bertz CT molecular complexity index is 951. The van der Waals surface area contributed by atoms with Gasteiger partial charge in [-0.05, 0) is 68.8 Å². The van der Waals surface area contributed by atoms with Gasteiger partial charge in [0.25, 0.3) is 0 Å². The van der Waals surface area contributed by atoms with E-state index in [2.05, 4.69) is 10.2 Å². The van der Waals surface area contributed by atoms with E-state index in [0.29, 0.717) is 36.8 Å². The van der Waals surface area contributed by atoms with Gasteiger partial charge >= 0.3 is 0 Å². The van der Waals surface area contributed by atoms with E-state index in [-0.39, 0.29) is 23.7 Å². The Kier molecular flexibility index (Phi) is 6.95. The minimum Gasteiger partial charge on any atom is -0.497 e. The van der Waals surface area contributed by atoms with Crippen LogP contribution in [0.2, 0.25) is 0 Å². The lowest BCUT2D eigenvalue weighted by molar-refractivity contribution is -0.126. The van der Waals surface area contributed by atoms with Crippen LogP contribution in [0.15, 0.2) is 42.5 Å². The number of rotatable bonds is 7. The fourth-order valence-electron chi connectivity index (χ4n) is 4.23. The predicted molar refractivity (Wildman–Crippen MR) is 120 cm³/mol. The summed E-state index contributed by atoms with van der Waals surface area (Å²) in [4.78, 5) is 27.8. The summed E-state index contributed by atoms with van der Waals surface area (Å²) in [5.41, 5.74) is 1.69. The fourth-order valence-corrected chi connectivity index (χ4v) is 4.23. The molecule has 0 bridgehead atoms. The molecule has 1 atom stereocenters. The summed E-state index contributed by atoms with van der Waals surface area (Å²) in [6.07, 6.45) is 1.48. The summed E-state index contributed by atoms with van der Waals surface area (Å²) in [7, 11) is 1.63. The molecular weight excluding hydrogens is 408 g/mol. The maximum Gasteiger partial charge on any atom is 0.237 e. The first-order valence-electron chi connectivity index (χ1n) is 11.1. The number of nitrogens with one attached hydrogen (secondary N) is 1. The number of methoxy groups -OCH3 is 1. The second-order valence-corrected chi connectivity index (χ2v) is 8.27. The number of hydrogen-bond acceptors (Lipinski definition) is 6. The number of ketones is 1. The van der Waals surface area contributed by atoms with Crippen LogP contribution >= 0.6 is 0 Å². The van der Waals surface area contributed by atoms with Gasteiger partial charge < -0.3 is 19.5 Å². The van der Waals surface area contributed by atoms with Crippen LogP contribution in [-0.4, -0.2) is 56.0 Å². The minimum atomic E-state index is -0.237. The second-order valence-electron chi connectivity index (χ2n) is 8.27. The maximum atomic E-state index is 13.0. The van der Waals surface area contributed by atoms with Crippen LogP contribution in [0.4, 0.5) is 0 Å². The number of likely N-dealkylation sites (tertiary alicyclic amines) is 1. The van der Waals surface area contributed by atoms with Crippen molar-refractivity contribution in [3.63, 3.8) is 0 Å². The summed E-state index contributed by atoms with van der Waals surface area (Å²) in [5, 5.41) is 3.01. The Labute approximate surface area is 188 Å². The molecule has 7 heteroatoms. The zero-order chi connectivity index (χ0) is 22.5. The molecule has 0 unspecified atom stereocenters. The zero-order valence-electron chi connectivity index (χ0n) is 18.6. The minimum absolute atomic E-state index is 0.00238. The number of carbonyl (C=O) groups is 2. The third kappa shape index (κ3) is 5.05. The lowest BCUT2D eigenvalue weighted by atomic mass is 9.88. The molecule has 1 N–H and O–H groups in total. The number of hydrogen-bond donors (Lipinski definition) is 1. The first-order chi connectivity index (χ1) is 15.5. The molecule has 2 aromatic carbocycles. The van der Waals surface area contributed by atoms with Gasteiger partial charge in [-0.2, -0.15) is 0 Å². The largest absolute Gasteiger partial charge is 0.497 e. The number of benzene rings is 2. The summed E-state index contributed by atoms with van der Waals surface area (Å²) in [6, 6.07) is 12.8. The third-order valence-corrected chi connectivity index (χ3v) is 6.28. The Morgan fingerprint density at radius 3 is 2.44 bits per heavy atom. The number of ether oxygens (including phenoxy) is 3. The van der Waals surface area contributed by atoms with Crippen molar-refractivity contribution in [3.05, 3.63) is 53.6 Å². The lowest BCUT2D eigenvalue weighted by Gasteiger charge is -2.34. The van der Waals surface area contributed by atoms with Crippen molar-refractivity contribution in [1.82, 2.24) is 10.2 Å². The molecule has 7 nitrogen and oxygen atoms in total. The Morgan fingerprint density at radius 1 is 1.06 bits per heavy atom. The Hall–Kier alpha value is -3.06. The molecule has 2 heterocycles. The highest BCUT2D eigenvalue weighted by Crippen LogP contribution is 2.32. The Morgan fingerprint density at radius 2 is 1.75 bits per heavy atom. The molecule has 1 saturated heterocycles. The maximum absolute atomic E-state index is 13.0. The van der Waals surface area contributed by atoms with Gasteiger partial charge in [0.2, 0.25) is 5.91 Å². The first kappa shape index (κ1) is 22.1. The molecule has 2 aliphatic rings. The van der Waals surface area contributed by atoms with Crippen molar-refractivity contribution in [2.45, 2.75) is 32.4 Å². The first-order valence-corrected chi connectivity index (χ1v) is 11.1. The number of fused-ring (bicyclic) bond motifs is 1. The SMILES string of the molecule is COc1ccc(CNC(=O)[C@@H](C)N2CCC(C(=O)c3ccc4c(c3)OCCO4)CC2)cc1. The molecule has 0 spiro atoms. The van der Waals surface area contributed by atoms with Crippen molar-refractivity contribution in [1.29, 1.82) is 0 Å². The van der Waals surface area contributed by atoms with E-state index >= 15 is 0 Å². The van der Waals surface area contributed by atoms with E-state index in [1.165, 1.54) is 0 Å². The molecule has 1 fully saturated rings.